The number of hydrogen-bond acceptors (Lipinski definition) is 1. The summed E-state index contributed by atoms with van der Waals surface area (Å²) < 4.78 is 0. The molecule has 0 saturated carbocycles. The van der Waals surface area contributed by atoms with Crippen molar-refractivity contribution in [3.05, 3.63) is 226 Å². The first-order valence-electron chi connectivity index (χ1n) is 19.4. The number of nitrogens with zero attached hydrogens (tertiary/aromatic N) is 2. The van der Waals surface area contributed by atoms with Crippen molar-refractivity contribution in [2.45, 2.75) is 37.6 Å². The standard InChI is InChI=1S/C52H41N3/c53-50(40-21-13-19-38(32-40)36-15-3-1-4-16-36)55-51(41-22-14-20-39(33-41)37-17-5-2-6-18-37)54-34-35-29-30-45-44-25-9-12-28-48(44)52(49(45)31-35)46-26-10-7-23-42(46)43-24-8-11-27-47(43)52/h1-5,7-10,12-17,19-26,28-33H,6,11,18,27,34H2,(H2,53,54,55). The Hall–Kier alpha value is -6.58. The molecule has 4 aliphatic rings. The number of rotatable bonds is 6. The van der Waals surface area contributed by atoms with E-state index in [1.165, 1.54) is 55.7 Å². The van der Waals surface area contributed by atoms with Crippen molar-refractivity contribution in [1.82, 2.24) is 0 Å². The van der Waals surface area contributed by atoms with Gasteiger partial charge in [-0.2, -0.15) is 0 Å². The van der Waals surface area contributed by atoms with E-state index in [4.69, 9.17) is 15.7 Å². The summed E-state index contributed by atoms with van der Waals surface area (Å²) in [7, 11) is 0. The van der Waals surface area contributed by atoms with Crippen LogP contribution in [0.2, 0.25) is 0 Å². The Balaban J connectivity index is 1.09. The second-order valence-electron chi connectivity index (χ2n) is 14.9. The molecule has 0 heterocycles. The largest absolute Gasteiger partial charge is 0.383 e. The third-order valence-electron chi connectivity index (χ3n) is 11.8. The highest BCUT2D eigenvalue weighted by molar-refractivity contribution is 6.11. The number of amidine groups is 2. The van der Waals surface area contributed by atoms with Gasteiger partial charge in [-0.15, -0.1) is 0 Å². The van der Waals surface area contributed by atoms with E-state index in [0.29, 0.717) is 18.2 Å². The van der Waals surface area contributed by atoms with Crippen LogP contribution < -0.4 is 5.73 Å². The Kier molecular flexibility index (Phi) is 8.21. The molecular weight excluding hydrogens is 667 g/mol. The van der Waals surface area contributed by atoms with Crippen molar-refractivity contribution in [2.75, 3.05) is 0 Å². The van der Waals surface area contributed by atoms with Crippen LogP contribution >= 0.6 is 0 Å². The van der Waals surface area contributed by atoms with Gasteiger partial charge in [0.05, 0.1) is 12.0 Å². The number of allylic oxidation sites excluding steroid dienone is 8. The zero-order chi connectivity index (χ0) is 36.8. The highest BCUT2D eigenvalue weighted by Crippen LogP contribution is 2.63. The second-order valence-corrected chi connectivity index (χ2v) is 14.9. The summed E-state index contributed by atoms with van der Waals surface area (Å²) in [4.78, 5) is 10.4. The van der Waals surface area contributed by atoms with Gasteiger partial charge in [-0.1, -0.05) is 164 Å². The average Bonchev–Trinajstić information content (AvgIpc) is 3.73. The molecule has 4 aliphatic carbocycles. The Morgan fingerprint density at radius 3 is 2.11 bits per heavy atom. The van der Waals surface area contributed by atoms with E-state index in [0.717, 1.165) is 53.5 Å². The summed E-state index contributed by atoms with van der Waals surface area (Å²) in [6.07, 6.45) is 15.4. The lowest BCUT2D eigenvalue weighted by atomic mass is 9.68. The normalized spacial score (nSPS) is 18.2. The minimum absolute atomic E-state index is 0.311. The summed E-state index contributed by atoms with van der Waals surface area (Å²) in [6.45, 7) is 0.471. The van der Waals surface area contributed by atoms with Gasteiger partial charge in [0.1, 0.15) is 5.84 Å². The maximum Gasteiger partial charge on any atom is 0.157 e. The van der Waals surface area contributed by atoms with E-state index in [-0.39, 0.29) is 5.41 Å². The van der Waals surface area contributed by atoms with Crippen molar-refractivity contribution in [3.8, 4) is 22.3 Å². The molecule has 264 valence electrons. The summed E-state index contributed by atoms with van der Waals surface area (Å²) >= 11 is 0. The van der Waals surface area contributed by atoms with E-state index >= 15 is 0 Å². The van der Waals surface area contributed by atoms with Gasteiger partial charge in [0.25, 0.3) is 0 Å². The van der Waals surface area contributed by atoms with E-state index in [1.807, 2.05) is 18.2 Å². The first-order valence-corrected chi connectivity index (χ1v) is 19.4. The lowest BCUT2D eigenvalue weighted by molar-refractivity contribution is 0.713. The molecular formula is C52H41N3. The Bertz CT molecular complexity index is 2690. The molecule has 55 heavy (non-hydrogen) atoms. The summed E-state index contributed by atoms with van der Waals surface area (Å²) in [5.41, 5.74) is 25.3. The first kappa shape index (κ1) is 33.0. The van der Waals surface area contributed by atoms with Gasteiger partial charge >= 0.3 is 0 Å². The maximum atomic E-state index is 6.88. The number of benzene rings is 6. The topological polar surface area (TPSA) is 50.7 Å². The van der Waals surface area contributed by atoms with Crippen LogP contribution in [-0.2, 0) is 12.0 Å². The zero-order valence-corrected chi connectivity index (χ0v) is 30.8. The van der Waals surface area contributed by atoms with Crippen LogP contribution in [0.4, 0.5) is 0 Å². The Morgan fingerprint density at radius 1 is 0.582 bits per heavy atom. The summed E-state index contributed by atoms with van der Waals surface area (Å²) in [6, 6.07) is 52.4. The van der Waals surface area contributed by atoms with Gasteiger partial charge in [0.2, 0.25) is 0 Å². The van der Waals surface area contributed by atoms with Crippen LogP contribution in [0.3, 0.4) is 0 Å². The van der Waals surface area contributed by atoms with Crippen molar-refractivity contribution in [2.24, 2.45) is 15.7 Å². The van der Waals surface area contributed by atoms with Gasteiger partial charge in [-0.3, -0.25) is 4.99 Å². The molecule has 3 nitrogen and oxygen atoms in total. The van der Waals surface area contributed by atoms with Gasteiger partial charge < -0.3 is 5.73 Å². The van der Waals surface area contributed by atoms with Crippen LogP contribution in [-0.4, -0.2) is 11.7 Å². The zero-order valence-electron chi connectivity index (χ0n) is 30.8. The number of hydrogen-bond donors (Lipinski definition) is 1. The van der Waals surface area contributed by atoms with Gasteiger partial charge in [-0.25, -0.2) is 4.99 Å². The van der Waals surface area contributed by atoms with Crippen LogP contribution in [0.1, 0.15) is 70.2 Å². The molecule has 1 unspecified atom stereocenters. The Labute approximate surface area is 323 Å². The third kappa shape index (κ3) is 5.58. The van der Waals surface area contributed by atoms with E-state index in [9.17, 15) is 0 Å². The molecule has 0 bridgehead atoms. The molecule has 0 saturated heterocycles. The van der Waals surface area contributed by atoms with Gasteiger partial charge in [-0.05, 0) is 110 Å². The fourth-order valence-corrected chi connectivity index (χ4v) is 9.28. The molecule has 0 aromatic heterocycles. The van der Waals surface area contributed by atoms with Gasteiger partial charge in [0.15, 0.2) is 5.84 Å². The van der Waals surface area contributed by atoms with Crippen molar-refractivity contribution in [1.29, 1.82) is 0 Å². The number of nitrogens with two attached hydrogens (primary N) is 1. The van der Waals surface area contributed by atoms with Crippen LogP contribution in [0, 0.1) is 0 Å². The number of fused-ring (bicyclic) bond motifs is 9. The van der Waals surface area contributed by atoms with Crippen LogP contribution in [0.15, 0.2) is 192 Å². The highest BCUT2D eigenvalue weighted by atomic mass is 15.0. The van der Waals surface area contributed by atoms with E-state index < -0.39 is 0 Å². The SMILES string of the molecule is NC(=NC(=NCc1ccc2c(c1)C1(C3=C(C=CCC3)c3ccccc31)c1ccccc1-2)c1cccc(C2=CC=CCC2)c1)c1cccc(-c2ccccc2)c1. The smallest absolute Gasteiger partial charge is 0.157 e. The lowest BCUT2D eigenvalue weighted by Crippen LogP contribution is -2.28. The van der Waals surface area contributed by atoms with Crippen molar-refractivity contribution in [3.63, 3.8) is 0 Å². The summed E-state index contributed by atoms with van der Waals surface area (Å²) in [5, 5.41) is 0. The molecule has 0 amide bonds. The monoisotopic (exact) mass is 707 g/mol. The highest BCUT2D eigenvalue weighted by Gasteiger charge is 2.52. The van der Waals surface area contributed by atoms with E-state index in [2.05, 4.69) is 158 Å². The predicted octanol–water partition coefficient (Wildman–Crippen LogP) is 11.9. The molecule has 0 aliphatic heterocycles. The van der Waals surface area contributed by atoms with Gasteiger partial charge in [0, 0.05) is 11.1 Å². The molecule has 0 radical (unpaired) electrons. The van der Waals surface area contributed by atoms with Crippen LogP contribution in [0.25, 0.3) is 33.4 Å². The molecule has 1 atom stereocenters. The molecule has 2 N–H and O–H groups in total. The van der Waals surface area contributed by atoms with E-state index in [1.54, 1.807) is 0 Å². The van der Waals surface area contributed by atoms with Crippen molar-refractivity contribution < 1.29 is 0 Å². The number of aliphatic imine (C=N–C) groups is 2. The molecule has 1 spiro atoms. The summed E-state index contributed by atoms with van der Waals surface area (Å²) in [5.74, 6) is 1.07. The molecule has 0 fully saturated rings. The van der Waals surface area contributed by atoms with Crippen molar-refractivity contribution >= 4 is 22.8 Å². The fourth-order valence-electron chi connectivity index (χ4n) is 9.28. The fraction of sp³-hybridized carbons (Fsp3) is 0.115. The minimum Gasteiger partial charge on any atom is -0.383 e. The molecule has 6 aromatic rings. The molecule has 10 rings (SSSR count). The third-order valence-corrected chi connectivity index (χ3v) is 11.8. The maximum absolute atomic E-state index is 6.88. The minimum atomic E-state index is -0.311. The quantitative estimate of drug-likeness (QED) is 0.136. The van der Waals surface area contributed by atoms with Crippen LogP contribution in [0.5, 0.6) is 0 Å². The second kappa shape index (κ2) is 13.7. The predicted molar refractivity (Wildman–Crippen MR) is 229 cm³/mol. The molecule has 3 heteroatoms. The lowest BCUT2D eigenvalue weighted by Gasteiger charge is -2.33. The molecule has 6 aromatic carbocycles. The Morgan fingerprint density at radius 2 is 1.27 bits per heavy atom. The first-order chi connectivity index (χ1) is 27.2. The average molecular weight is 708 g/mol.